The van der Waals surface area contributed by atoms with Crippen molar-refractivity contribution < 1.29 is 4.74 Å². The SMILES string of the molecule is COc1c(C)c(C)cc(C)c1CC(C)(C)CCN. The Bertz CT molecular complexity index is 422. The highest BCUT2D eigenvalue weighted by Crippen LogP contribution is 2.35. The number of nitrogens with two attached hydrogens (primary N) is 1. The molecule has 0 saturated carbocycles. The van der Waals surface area contributed by atoms with Gasteiger partial charge in [-0.15, -0.1) is 0 Å². The minimum Gasteiger partial charge on any atom is -0.496 e. The van der Waals surface area contributed by atoms with Crippen LogP contribution in [0.4, 0.5) is 0 Å². The number of hydrogen-bond donors (Lipinski definition) is 1. The highest BCUT2D eigenvalue weighted by molar-refractivity contribution is 5.50. The fourth-order valence-corrected chi connectivity index (χ4v) is 2.56. The summed E-state index contributed by atoms with van der Waals surface area (Å²) in [4.78, 5) is 0. The van der Waals surface area contributed by atoms with E-state index in [0.29, 0.717) is 0 Å². The predicted molar refractivity (Wildman–Crippen MR) is 78.4 cm³/mol. The molecule has 0 aliphatic carbocycles. The quantitative estimate of drug-likeness (QED) is 0.866. The molecule has 1 aromatic carbocycles. The Morgan fingerprint density at radius 2 is 1.78 bits per heavy atom. The minimum absolute atomic E-state index is 0.217. The Labute approximate surface area is 112 Å². The number of methoxy groups -OCH3 is 1. The Morgan fingerprint density at radius 3 is 2.28 bits per heavy atom. The molecule has 102 valence electrons. The third-order valence-corrected chi connectivity index (χ3v) is 3.80. The molecule has 0 fully saturated rings. The lowest BCUT2D eigenvalue weighted by atomic mass is 9.80. The summed E-state index contributed by atoms with van der Waals surface area (Å²) in [5.74, 6) is 1.05. The molecular weight excluding hydrogens is 222 g/mol. The van der Waals surface area contributed by atoms with Crippen LogP contribution in [0.1, 0.15) is 42.5 Å². The molecule has 2 heteroatoms. The molecule has 0 aliphatic heterocycles. The van der Waals surface area contributed by atoms with Crippen LogP contribution in [0.25, 0.3) is 0 Å². The van der Waals surface area contributed by atoms with Gasteiger partial charge in [-0.3, -0.25) is 0 Å². The van der Waals surface area contributed by atoms with Gasteiger partial charge in [0.15, 0.2) is 0 Å². The van der Waals surface area contributed by atoms with E-state index in [1.807, 2.05) is 0 Å². The molecule has 0 amide bonds. The first-order valence-electron chi connectivity index (χ1n) is 6.66. The molecule has 1 aromatic rings. The first kappa shape index (κ1) is 15.0. The molecule has 1 rings (SSSR count). The van der Waals surface area contributed by atoms with E-state index in [1.165, 1.54) is 22.3 Å². The van der Waals surface area contributed by atoms with Crippen LogP contribution in [0.5, 0.6) is 5.75 Å². The molecule has 0 bridgehead atoms. The molecule has 0 heterocycles. The van der Waals surface area contributed by atoms with Gasteiger partial charge in [0.25, 0.3) is 0 Å². The van der Waals surface area contributed by atoms with Gasteiger partial charge in [0.1, 0.15) is 5.75 Å². The summed E-state index contributed by atoms with van der Waals surface area (Å²) in [5, 5.41) is 0. The van der Waals surface area contributed by atoms with Gasteiger partial charge < -0.3 is 10.5 Å². The number of benzene rings is 1. The maximum absolute atomic E-state index is 5.70. The lowest BCUT2D eigenvalue weighted by Crippen LogP contribution is -2.21. The van der Waals surface area contributed by atoms with E-state index in [1.54, 1.807) is 7.11 Å². The highest BCUT2D eigenvalue weighted by Gasteiger charge is 2.22. The van der Waals surface area contributed by atoms with E-state index in [-0.39, 0.29) is 5.41 Å². The van der Waals surface area contributed by atoms with Gasteiger partial charge in [0.2, 0.25) is 0 Å². The second kappa shape index (κ2) is 5.75. The molecule has 0 aliphatic rings. The maximum Gasteiger partial charge on any atom is 0.125 e. The van der Waals surface area contributed by atoms with Crippen molar-refractivity contribution in [3.63, 3.8) is 0 Å². The van der Waals surface area contributed by atoms with Crippen LogP contribution in [0, 0.1) is 26.2 Å². The smallest absolute Gasteiger partial charge is 0.125 e. The summed E-state index contributed by atoms with van der Waals surface area (Å²) < 4.78 is 5.63. The van der Waals surface area contributed by atoms with Crippen molar-refractivity contribution >= 4 is 0 Å². The van der Waals surface area contributed by atoms with E-state index in [0.717, 1.165) is 25.1 Å². The second-order valence-corrected chi connectivity index (χ2v) is 6.03. The van der Waals surface area contributed by atoms with E-state index in [9.17, 15) is 0 Å². The summed E-state index contributed by atoms with van der Waals surface area (Å²) in [5.41, 5.74) is 11.1. The van der Waals surface area contributed by atoms with Crippen molar-refractivity contribution in [1.82, 2.24) is 0 Å². The van der Waals surface area contributed by atoms with Gasteiger partial charge in [0, 0.05) is 0 Å². The van der Waals surface area contributed by atoms with E-state index in [2.05, 4.69) is 40.7 Å². The number of rotatable bonds is 5. The van der Waals surface area contributed by atoms with Crippen LogP contribution >= 0.6 is 0 Å². The molecule has 18 heavy (non-hydrogen) atoms. The zero-order valence-electron chi connectivity index (χ0n) is 12.7. The zero-order valence-corrected chi connectivity index (χ0v) is 12.7. The molecular formula is C16H27NO. The first-order chi connectivity index (χ1) is 8.32. The Kier molecular flexibility index (Phi) is 4.80. The third-order valence-electron chi connectivity index (χ3n) is 3.80. The standard InChI is InChI=1S/C16H27NO/c1-11-9-12(2)14(15(18-6)13(11)3)10-16(4,5)7-8-17/h9H,7-8,10,17H2,1-6H3. The Balaban J connectivity index is 3.20. The van der Waals surface area contributed by atoms with Crippen molar-refractivity contribution in [3.8, 4) is 5.75 Å². The fraction of sp³-hybridized carbons (Fsp3) is 0.625. The van der Waals surface area contributed by atoms with Crippen LogP contribution in [0.3, 0.4) is 0 Å². The summed E-state index contributed by atoms with van der Waals surface area (Å²) in [6, 6.07) is 2.26. The topological polar surface area (TPSA) is 35.2 Å². The van der Waals surface area contributed by atoms with Crippen molar-refractivity contribution in [3.05, 3.63) is 28.3 Å². The Hall–Kier alpha value is -1.02. The fourth-order valence-electron chi connectivity index (χ4n) is 2.56. The molecule has 0 spiro atoms. The maximum atomic E-state index is 5.70. The normalized spacial score (nSPS) is 11.7. The van der Waals surface area contributed by atoms with E-state index in [4.69, 9.17) is 10.5 Å². The minimum atomic E-state index is 0.217. The number of hydrogen-bond acceptors (Lipinski definition) is 2. The molecule has 0 atom stereocenters. The van der Waals surface area contributed by atoms with Gasteiger partial charge in [-0.1, -0.05) is 19.9 Å². The van der Waals surface area contributed by atoms with Crippen LogP contribution in [-0.2, 0) is 6.42 Å². The van der Waals surface area contributed by atoms with Crippen LogP contribution in [0.15, 0.2) is 6.07 Å². The average Bonchev–Trinajstić information content (AvgIpc) is 2.26. The van der Waals surface area contributed by atoms with Gasteiger partial charge in [0.05, 0.1) is 7.11 Å². The zero-order chi connectivity index (χ0) is 13.9. The molecule has 0 aromatic heterocycles. The van der Waals surface area contributed by atoms with E-state index < -0.39 is 0 Å². The second-order valence-electron chi connectivity index (χ2n) is 6.03. The van der Waals surface area contributed by atoms with Crippen molar-refractivity contribution in [2.45, 2.75) is 47.5 Å². The van der Waals surface area contributed by atoms with Gasteiger partial charge in [-0.25, -0.2) is 0 Å². The molecule has 0 unspecified atom stereocenters. The molecule has 0 saturated heterocycles. The molecule has 2 N–H and O–H groups in total. The average molecular weight is 249 g/mol. The summed E-state index contributed by atoms with van der Waals surface area (Å²) in [7, 11) is 1.76. The Morgan fingerprint density at radius 1 is 1.17 bits per heavy atom. The lowest BCUT2D eigenvalue weighted by Gasteiger charge is -2.27. The summed E-state index contributed by atoms with van der Waals surface area (Å²) in [6.07, 6.45) is 2.04. The molecule has 2 nitrogen and oxygen atoms in total. The monoisotopic (exact) mass is 249 g/mol. The van der Waals surface area contributed by atoms with Crippen LogP contribution in [-0.4, -0.2) is 13.7 Å². The largest absolute Gasteiger partial charge is 0.496 e. The van der Waals surface area contributed by atoms with Crippen LogP contribution in [0.2, 0.25) is 0 Å². The van der Waals surface area contributed by atoms with Crippen molar-refractivity contribution in [1.29, 1.82) is 0 Å². The van der Waals surface area contributed by atoms with Gasteiger partial charge >= 0.3 is 0 Å². The van der Waals surface area contributed by atoms with Crippen LogP contribution < -0.4 is 10.5 Å². The van der Waals surface area contributed by atoms with Crippen molar-refractivity contribution in [2.24, 2.45) is 11.1 Å². The first-order valence-corrected chi connectivity index (χ1v) is 6.66. The summed E-state index contributed by atoms with van der Waals surface area (Å²) in [6.45, 7) is 11.7. The highest BCUT2D eigenvalue weighted by atomic mass is 16.5. The van der Waals surface area contributed by atoms with Crippen molar-refractivity contribution in [2.75, 3.05) is 13.7 Å². The number of aryl methyl sites for hydroxylation is 2. The summed E-state index contributed by atoms with van der Waals surface area (Å²) >= 11 is 0. The predicted octanol–water partition coefficient (Wildman–Crippen LogP) is 3.54. The number of ether oxygens (including phenoxy) is 1. The lowest BCUT2D eigenvalue weighted by molar-refractivity contribution is 0.327. The third kappa shape index (κ3) is 3.26. The van der Waals surface area contributed by atoms with E-state index >= 15 is 0 Å². The molecule has 0 radical (unpaired) electrons. The van der Waals surface area contributed by atoms with Gasteiger partial charge in [-0.05, 0) is 67.8 Å². The van der Waals surface area contributed by atoms with Gasteiger partial charge in [-0.2, -0.15) is 0 Å².